The second kappa shape index (κ2) is 7.33. The van der Waals surface area contributed by atoms with E-state index in [0.717, 1.165) is 30.7 Å². The van der Waals surface area contributed by atoms with Crippen LogP contribution in [-0.4, -0.2) is 32.1 Å². The molecule has 0 aliphatic carbocycles. The van der Waals surface area contributed by atoms with Crippen LogP contribution < -0.4 is 0 Å². The van der Waals surface area contributed by atoms with E-state index in [9.17, 15) is 4.79 Å². The van der Waals surface area contributed by atoms with Crippen molar-refractivity contribution in [2.24, 2.45) is 0 Å². The predicted octanol–water partition coefficient (Wildman–Crippen LogP) is 3.48. The van der Waals surface area contributed by atoms with Crippen LogP contribution in [0.2, 0.25) is 5.02 Å². The van der Waals surface area contributed by atoms with Gasteiger partial charge in [-0.25, -0.2) is 4.98 Å². The number of oxazole rings is 1. The Bertz CT molecular complexity index is 873. The molecule has 1 atom stereocenters. The van der Waals surface area contributed by atoms with Crippen molar-refractivity contribution in [3.05, 3.63) is 71.2 Å². The van der Waals surface area contributed by atoms with Crippen LogP contribution in [0.25, 0.3) is 0 Å². The van der Waals surface area contributed by atoms with E-state index in [0.29, 0.717) is 17.3 Å². The van der Waals surface area contributed by atoms with Crippen LogP contribution in [0.3, 0.4) is 0 Å². The second-order valence-electron chi connectivity index (χ2n) is 6.42. The summed E-state index contributed by atoms with van der Waals surface area (Å²) in [5.41, 5.74) is 1.11. The molecule has 1 aliphatic rings. The molecule has 3 aromatic rings. The number of amides is 1. The third-order valence-electron chi connectivity index (χ3n) is 4.58. The van der Waals surface area contributed by atoms with E-state index in [4.69, 9.17) is 16.0 Å². The molecule has 0 spiro atoms. The molecule has 0 radical (unpaired) electrons. The summed E-state index contributed by atoms with van der Waals surface area (Å²) < 4.78 is 7.60. The van der Waals surface area contributed by atoms with Gasteiger partial charge in [-0.05, 0) is 36.6 Å². The molecule has 26 heavy (non-hydrogen) atoms. The van der Waals surface area contributed by atoms with Crippen LogP contribution in [-0.2, 0) is 17.8 Å². The van der Waals surface area contributed by atoms with Crippen molar-refractivity contribution in [3.63, 3.8) is 0 Å². The molecule has 1 unspecified atom stereocenters. The summed E-state index contributed by atoms with van der Waals surface area (Å²) in [4.78, 5) is 18.9. The first-order valence-electron chi connectivity index (χ1n) is 8.65. The molecular formula is C19H19ClN4O2. The van der Waals surface area contributed by atoms with Crippen molar-refractivity contribution in [3.8, 4) is 0 Å². The molecule has 1 amide bonds. The van der Waals surface area contributed by atoms with Crippen molar-refractivity contribution >= 4 is 17.5 Å². The lowest BCUT2D eigenvalue weighted by Crippen LogP contribution is -2.33. The molecule has 3 heterocycles. The molecule has 0 N–H and O–H groups in total. The van der Waals surface area contributed by atoms with Gasteiger partial charge < -0.3 is 9.32 Å². The molecular weight excluding hydrogens is 352 g/mol. The van der Waals surface area contributed by atoms with Gasteiger partial charge in [0.25, 0.3) is 0 Å². The highest BCUT2D eigenvalue weighted by atomic mass is 35.5. The summed E-state index contributed by atoms with van der Waals surface area (Å²) in [6, 6.07) is 9.38. The number of hydrogen-bond donors (Lipinski definition) is 0. The zero-order chi connectivity index (χ0) is 17.9. The molecule has 6 nitrogen and oxygen atoms in total. The van der Waals surface area contributed by atoms with Gasteiger partial charge in [0, 0.05) is 30.4 Å². The zero-order valence-electron chi connectivity index (χ0n) is 14.2. The number of halogens is 1. The average molecular weight is 371 g/mol. The third kappa shape index (κ3) is 3.65. The van der Waals surface area contributed by atoms with E-state index >= 15 is 0 Å². The number of likely N-dealkylation sites (tertiary alicyclic amines) is 1. The Morgan fingerprint density at radius 2 is 2.15 bits per heavy atom. The van der Waals surface area contributed by atoms with Crippen LogP contribution in [0, 0.1) is 0 Å². The Hall–Kier alpha value is -2.60. The fourth-order valence-electron chi connectivity index (χ4n) is 3.31. The van der Waals surface area contributed by atoms with Gasteiger partial charge >= 0.3 is 0 Å². The normalized spacial score (nSPS) is 17.0. The zero-order valence-corrected chi connectivity index (χ0v) is 15.0. The molecule has 4 rings (SSSR count). The lowest BCUT2D eigenvalue weighted by Gasteiger charge is -2.22. The van der Waals surface area contributed by atoms with E-state index in [1.165, 1.54) is 0 Å². The van der Waals surface area contributed by atoms with Crippen LogP contribution >= 0.6 is 11.6 Å². The highest BCUT2D eigenvalue weighted by Crippen LogP contribution is 2.32. The van der Waals surface area contributed by atoms with Crippen LogP contribution in [0.15, 0.2) is 53.3 Å². The Balaban J connectivity index is 1.45. The molecule has 0 bridgehead atoms. The monoisotopic (exact) mass is 370 g/mol. The largest absolute Gasteiger partial charge is 0.443 e. The van der Waals surface area contributed by atoms with Gasteiger partial charge in [-0.3, -0.25) is 9.48 Å². The van der Waals surface area contributed by atoms with Gasteiger partial charge in [-0.1, -0.05) is 23.7 Å². The van der Waals surface area contributed by atoms with Crippen LogP contribution in [0.1, 0.15) is 36.1 Å². The van der Waals surface area contributed by atoms with Crippen molar-refractivity contribution in [1.29, 1.82) is 0 Å². The maximum atomic E-state index is 12.6. The van der Waals surface area contributed by atoms with Gasteiger partial charge in [0.15, 0.2) is 0 Å². The average Bonchev–Trinajstić information content (AvgIpc) is 3.37. The standard InChI is InChI=1S/C19H19ClN4O2/c20-15-6-4-14(5-7-15)11-16-12-21-19(26-16)17-3-1-10-24(17)18(25)13-23-9-2-8-22-23/h2,4-9,12,17H,1,3,10-11,13H2. The first-order chi connectivity index (χ1) is 12.7. The number of hydrogen-bond acceptors (Lipinski definition) is 4. The minimum absolute atomic E-state index is 0.0358. The topological polar surface area (TPSA) is 64.2 Å². The second-order valence-corrected chi connectivity index (χ2v) is 6.85. The van der Waals surface area contributed by atoms with Crippen LogP contribution in [0.4, 0.5) is 0 Å². The third-order valence-corrected chi connectivity index (χ3v) is 4.83. The SMILES string of the molecule is O=C(Cn1cccn1)N1CCCC1c1ncc(Cc2ccc(Cl)cc2)o1. The lowest BCUT2D eigenvalue weighted by molar-refractivity contribution is -0.133. The number of carbonyl (C=O) groups excluding carboxylic acids is 1. The number of rotatable bonds is 5. The highest BCUT2D eigenvalue weighted by molar-refractivity contribution is 6.30. The number of carbonyl (C=O) groups is 1. The maximum Gasteiger partial charge on any atom is 0.244 e. The molecule has 1 aliphatic heterocycles. The minimum Gasteiger partial charge on any atom is -0.443 e. The Morgan fingerprint density at radius 3 is 2.92 bits per heavy atom. The first-order valence-corrected chi connectivity index (χ1v) is 9.03. The maximum absolute atomic E-state index is 12.6. The van der Waals surface area contributed by atoms with Gasteiger partial charge in [-0.2, -0.15) is 5.10 Å². The van der Waals surface area contributed by atoms with Crippen molar-refractivity contribution in [2.75, 3.05) is 6.54 Å². The number of benzene rings is 1. The molecule has 1 fully saturated rings. The molecule has 0 saturated carbocycles. The molecule has 2 aromatic heterocycles. The van der Waals surface area contributed by atoms with E-state index in [1.54, 1.807) is 23.3 Å². The van der Waals surface area contributed by atoms with Crippen LogP contribution in [0.5, 0.6) is 0 Å². The van der Waals surface area contributed by atoms with E-state index in [1.807, 2.05) is 35.2 Å². The quantitative estimate of drug-likeness (QED) is 0.689. The van der Waals surface area contributed by atoms with Crippen molar-refractivity contribution in [1.82, 2.24) is 19.7 Å². The summed E-state index contributed by atoms with van der Waals surface area (Å²) in [7, 11) is 0. The molecule has 134 valence electrons. The minimum atomic E-state index is -0.1000. The number of aromatic nitrogens is 3. The molecule has 1 aromatic carbocycles. The van der Waals surface area contributed by atoms with Gasteiger partial charge in [0.2, 0.25) is 11.8 Å². The van der Waals surface area contributed by atoms with E-state index in [-0.39, 0.29) is 18.5 Å². The van der Waals surface area contributed by atoms with Crippen molar-refractivity contribution < 1.29 is 9.21 Å². The van der Waals surface area contributed by atoms with E-state index in [2.05, 4.69) is 10.1 Å². The fourth-order valence-corrected chi connectivity index (χ4v) is 3.43. The highest BCUT2D eigenvalue weighted by Gasteiger charge is 2.33. The van der Waals surface area contributed by atoms with Gasteiger partial charge in [-0.15, -0.1) is 0 Å². The Labute approximate surface area is 156 Å². The molecule has 1 saturated heterocycles. The Kier molecular flexibility index (Phi) is 4.75. The van der Waals surface area contributed by atoms with E-state index < -0.39 is 0 Å². The van der Waals surface area contributed by atoms with Gasteiger partial charge in [0.1, 0.15) is 18.3 Å². The number of nitrogens with zero attached hydrogens (tertiary/aromatic N) is 4. The lowest BCUT2D eigenvalue weighted by atomic mass is 10.1. The summed E-state index contributed by atoms with van der Waals surface area (Å²) in [5, 5.41) is 4.82. The van der Waals surface area contributed by atoms with Crippen molar-refractivity contribution in [2.45, 2.75) is 31.8 Å². The summed E-state index contributed by atoms with van der Waals surface area (Å²) >= 11 is 5.92. The summed E-state index contributed by atoms with van der Waals surface area (Å²) in [6.07, 6.45) is 7.68. The van der Waals surface area contributed by atoms with Gasteiger partial charge in [0.05, 0.1) is 6.20 Å². The Morgan fingerprint density at radius 1 is 1.31 bits per heavy atom. The summed E-state index contributed by atoms with van der Waals surface area (Å²) in [6.45, 7) is 0.960. The first kappa shape index (κ1) is 16.8. The fraction of sp³-hybridized carbons (Fsp3) is 0.316. The predicted molar refractivity (Wildman–Crippen MR) is 96.7 cm³/mol. The summed E-state index contributed by atoms with van der Waals surface area (Å²) in [5.74, 6) is 1.43. The smallest absolute Gasteiger partial charge is 0.244 e. The molecule has 7 heteroatoms.